The van der Waals surface area contributed by atoms with Gasteiger partial charge in [-0.05, 0) is 65.5 Å². The molecule has 1 aromatic heterocycles. The number of amides is 3. The molecule has 1 aromatic carbocycles. The van der Waals surface area contributed by atoms with E-state index in [1.807, 2.05) is 25.1 Å². The maximum atomic E-state index is 12.5. The second-order valence-electron chi connectivity index (χ2n) is 11.0. The molecular weight excluding hydrogens is 538 g/mol. The van der Waals surface area contributed by atoms with Gasteiger partial charge < -0.3 is 31.2 Å². The molecule has 12 heteroatoms. The number of rotatable bonds is 15. The topological polar surface area (TPSA) is 161 Å². The number of benzene rings is 1. The first kappa shape index (κ1) is 34.1. The lowest BCUT2D eigenvalue weighted by molar-refractivity contribution is -0.125. The number of carbonyl (C=O) groups is 3. The third kappa shape index (κ3) is 10.4. The molecule has 232 valence electrons. The summed E-state index contributed by atoms with van der Waals surface area (Å²) in [6.45, 7) is 13.8. The van der Waals surface area contributed by atoms with Crippen LogP contribution in [0.15, 0.2) is 24.3 Å². The Morgan fingerprint density at radius 3 is 2.36 bits per heavy atom. The highest BCUT2D eigenvalue weighted by Crippen LogP contribution is 2.26. The summed E-state index contributed by atoms with van der Waals surface area (Å²) >= 11 is 0. The minimum Gasteiger partial charge on any atom is -0.493 e. The van der Waals surface area contributed by atoms with Crippen LogP contribution >= 0.6 is 0 Å². The first-order valence-electron chi connectivity index (χ1n) is 14.5. The lowest BCUT2D eigenvalue weighted by Gasteiger charge is -2.28. The van der Waals surface area contributed by atoms with Crippen LogP contribution in [0.2, 0.25) is 0 Å². The Bertz CT molecular complexity index is 1210. The van der Waals surface area contributed by atoms with Gasteiger partial charge in [-0.25, -0.2) is 14.8 Å². The van der Waals surface area contributed by atoms with E-state index in [-0.39, 0.29) is 23.5 Å². The standard InChI is InChI=1S/C30H47N7O5/c1-9-20(10-2)33-26-23(11-3)35-24(25(31)38)27(36-26)34-21-14-12-15-22(18-21)41-17-13-16-32-28(39)19(4)37(8)29(40)42-30(5,6)7/h12,14-15,18-20H,9-11,13,16-17H2,1-8H3,(H2,31,38)(H,32,39)(H2,33,34,36)/t19-/m0/s1. The largest absolute Gasteiger partial charge is 0.493 e. The highest BCUT2D eigenvalue weighted by Gasteiger charge is 2.26. The van der Waals surface area contributed by atoms with Crippen molar-refractivity contribution in [3.63, 3.8) is 0 Å². The molecule has 1 atom stereocenters. The summed E-state index contributed by atoms with van der Waals surface area (Å²) in [7, 11) is 1.53. The fraction of sp³-hybridized carbons (Fsp3) is 0.567. The van der Waals surface area contributed by atoms with Crippen LogP contribution in [0.1, 0.15) is 83.9 Å². The Morgan fingerprint density at radius 2 is 1.76 bits per heavy atom. The predicted molar refractivity (Wildman–Crippen MR) is 164 cm³/mol. The zero-order valence-electron chi connectivity index (χ0n) is 26.2. The number of aromatic nitrogens is 2. The lowest BCUT2D eigenvalue weighted by Crippen LogP contribution is -2.47. The zero-order chi connectivity index (χ0) is 31.4. The second kappa shape index (κ2) is 15.8. The number of aryl methyl sites for hydroxylation is 1. The van der Waals surface area contributed by atoms with Gasteiger partial charge in [-0.3, -0.25) is 14.5 Å². The molecule has 2 aromatic rings. The molecule has 12 nitrogen and oxygen atoms in total. The Morgan fingerprint density at radius 1 is 1.07 bits per heavy atom. The van der Waals surface area contributed by atoms with Crippen molar-refractivity contribution >= 4 is 35.2 Å². The number of hydrogen-bond acceptors (Lipinski definition) is 9. The maximum absolute atomic E-state index is 12.5. The summed E-state index contributed by atoms with van der Waals surface area (Å²) in [5.41, 5.74) is 6.38. The van der Waals surface area contributed by atoms with Crippen molar-refractivity contribution < 1.29 is 23.9 Å². The van der Waals surface area contributed by atoms with Crippen LogP contribution in [-0.4, -0.2) is 70.7 Å². The molecule has 0 unspecified atom stereocenters. The summed E-state index contributed by atoms with van der Waals surface area (Å²) in [5, 5.41) is 9.41. The third-order valence-corrected chi connectivity index (χ3v) is 6.49. The number of nitrogens with two attached hydrogens (primary N) is 1. The summed E-state index contributed by atoms with van der Waals surface area (Å²) in [5.74, 6) is 0.527. The Balaban J connectivity index is 1.98. The van der Waals surface area contributed by atoms with Crippen LogP contribution in [0.3, 0.4) is 0 Å². The molecule has 3 amide bonds. The number of primary amides is 1. The van der Waals surface area contributed by atoms with E-state index < -0.39 is 23.6 Å². The van der Waals surface area contributed by atoms with Gasteiger partial charge in [-0.15, -0.1) is 0 Å². The Kier molecular flexibility index (Phi) is 12.8. The van der Waals surface area contributed by atoms with Crippen LogP contribution in [-0.2, 0) is 16.0 Å². The third-order valence-electron chi connectivity index (χ3n) is 6.49. The average Bonchev–Trinajstić information content (AvgIpc) is 2.93. The summed E-state index contributed by atoms with van der Waals surface area (Å²) < 4.78 is 11.2. The highest BCUT2D eigenvalue weighted by molar-refractivity contribution is 5.96. The van der Waals surface area contributed by atoms with Gasteiger partial charge in [0.05, 0.1) is 12.3 Å². The highest BCUT2D eigenvalue weighted by atomic mass is 16.6. The van der Waals surface area contributed by atoms with E-state index in [0.717, 1.165) is 12.8 Å². The van der Waals surface area contributed by atoms with Crippen LogP contribution < -0.4 is 26.4 Å². The quantitative estimate of drug-likeness (QED) is 0.219. The van der Waals surface area contributed by atoms with E-state index in [2.05, 4.69) is 39.8 Å². The fourth-order valence-electron chi connectivity index (χ4n) is 3.87. The number of carbonyl (C=O) groups excluding carboxylic acids is 3. The van der Waals surface area contributed by atoms with Gasteiger partial charge in [0.1, 0.15) is 23.2 Å². The SMILES string of the molecule is CCc1nc(C(N)=O)c(Nc2cccc(OCCCNC(=O)[C@H](C)N(C)C(=O)OC(C)(C)C)c2)nc1NC(CC)CC. The molecular formula is C30H47N7O5. The van der Waals surface area contributed by atoms with Crippen molar-refractivity contribution in [1.29, 1.82) is 0 Å². The molecule has 0 radical (unpaired) electrons. The van der Waals surface area contributed by atoms with Gasteiger partial charge in [-0.1, -0.05) is 26.8 Å². The average molecular weight is 586 g/mol. The van der Waals surface area contributed by atoms with Gasteiger partial charge in [0.15, 0.2) is 11.5 Å². The molecule has 0 aliphatic rings. The molecule has 1 heterocycles. The van der Waals surface area contributed by atoms with Crippen molar-refractivity contribution in [3.8, 4) is 5.75 Å². The first-order valence-corrected chi connectivity index (χ1v) is 14.5. The minimum absolute atomic E-state index is 0.0653. The van der Waals surface area contributed by atoms with E-state index in [9.17, 15) is 14.4 Å². The zero-order valence-corrected chi connectivity index (χ0v) is 26.2. The van der Waals surface area contributed by atoms with Crippen LogP contribution in [0, 0.1) is 0 Å². The van der Waals surface area contributed by atoms with Gasteiger partial charge in [0, 0.05) is 31.4 Å². The van der Waals surface area contributed by atoms with Gasteiger partial charge >= 0.3 is 6.09 Å². The lowest BCUT2D eigenvalue weighted by atomic mass is 10.1. The van der Waals surface area contributed by atoms with Crippen molar-refractivity contribution in [2.45, 2.75) is 91.8 Å². The molecule has 0 saturated carbocycles. The Hall–Kier alpha value is -4.09. The first-order chi connectivity index (χ1) is 19.8. The van der Waals surface area contributed by atoms with Crippen LogP contribution in [0.25, 0.3) is 0 Å². The normalized spacial score (nSPS) is 11.9. The van der Waals surface area contributed by atoms with Crippen LogP contribution in [0.5, 0.6) is 5.75 Å². The monoisotopic (exact) mass is 585 g/mol. The fourth-order valence-corrected chi connectivity index (χ4v) is 3.87. The second-order valence-corrected chi connectivity index (χ2v) is 11.0. The van der Waals surface area contributed by atoms with Gasteiger partial charge in [0.2, 0.25) is 5.91 Å². The number of likely N-dealkylation sites (N-methyl/N-ethyl adjacent to an activating group) is 1. The summed E-state index contributed by atoms with van der Waals surface area (Å²) in [4.78, 5) is 47.3. The number of anilines is 3. The van der Waals surface area contributed by atoms with Crippen LogP contribution in [0.4, 0.5) is 22.1 Å². The Labute approximate surface area is 249 Å². The molecule has 0 bridgehead atoms. The summed E-state index contributed by atoms with van der Waals surface area (Å²) in [6.07, 6.45) is 2.43. The molecule has 0 aliphatic carbocycles. The summed E-state index contributed by atoms with van der Waals surface area (Å²) in [6, 6.07) is 6.77. The minimum atomic E-state index is -0.686. The van der Waals surface area contributed by atoms with E-state index in [1.54, 1.807) is 33.8 Å². The van der Waals surface area contributed by atoms with Gasteiger partial charge in [0.25, 0.3) is 5.91 Å². The van der Waals surface area contributed by atoms with Crippen molar-refractivity contribution in [3.05, 3.63) is 35.7 Å². The van der Waals surface area contributed by atoms with E-state index in [1.165, 1.54) is 11.9 Å². The molecule has 2 rings (SSSR count). The number of nitrogens with zero attached hydrogens (tertiary/aromatic N) is 3. The van der Waals surface area contributed by atoms with Gasteiger partial charge in [-0.2, -0.15) is 0 Å². The molecule has 0 fully saturated rings. The van der Waals surface area contributed by atoms with E-state index in [0.29, 0.717) is 48.9 Å². The van der Waals surface area contributed by atoms with E-state index >= 15 is 0 Å². The smallest absolute Gasteiger partial charge is 0.410 e. The molecule has 0 spiro atoms. The predicted octanol–water partition coefficient (Wildman–Crippen LogP) is 4.62. The molecule has 0 aliphatic heterocycles. The number of ether oxygens (including phenoxy) is 2. The van der Waals surface area contributed by atoms with Crippen molar-refractivity contribution in [1.82, 2.24) is 20.2 Å². The number of nitrogens with one attached hydrogen (secondary N) is 3. The molecule has 5 N–H and O–H groups in total. The molecule has 0 saturated heterocycles. The van der Waals surface area contributed by atoms with E-state index in [4.69, 9.17) is 15.2 Å². The number of hydrogen-bond donors (Lipinski definition) is 4. The maximum Gasteiger partial charge on any atom is 0.410 e. The van der Waals surface area contributed by atoms with Crippen molar-refractivity contribution in [2.24, 2.45) is 5.73 Å². The van der Waals surface area contributed by atoms with Crippen molar-refractivity contribution in [2.75, 3.05) is 30.8 Å². The molecule has 42 heavy (non-hydrogen) atoms.